The maximum absolute atomic E-state index is 12.6. The first-order chi connectivity index (χ1) is 10.1. The third-order valence-electron chi connectivity index (χ3n) is 3.38. The van der Waals surface area contributed by atoms with Crippen LogP contribution in [0, 0.1) is 6.92 Å². The average molecular weight is 298 g/mol. The second-order valence-electron chi connectivity index (χ2n) is 4.84. The van der Waals surface area contributed by atoms with Crippen molar-refractivity contribution in [2.24, 2.45) is 0 Å². The van der Waals surface area contributed by atoms with Crippen LogP contribution in [0.5, 0.6) is 0 Å². The van der Waals surface area contributed by atoms with Crippen LogP contribution < -0.4 is 4.90 Å². The number of nitrogens with zero attached hydrogens (tertiary/aromatic N) is 1. The highest BCUT2D eigenvalue weighted by molar-refractivity contribution is 6.60. The number of anilines is 1. The number of carbonyl (C=O) groups is 2. The highest BCUT2D eigenvalue weighted by atomic mass is 35.5. The van der Waals surface area contributed by atoms with Crippen molar-refractivity contribution in [3.8, 4) is 0 Å². The highest BCUT2D eigenvalue weighted by Crippen LogP contribution is 2.34. The molecule has 0 atom stereocenters. The normalized spacial score (nSPS) is 15.0. The zero-order valence-electron chi connectivity index (χ0n) is 11.3. The Morgan fingerprint density at radius 3 is 2.10 bits per heavy atom. The summed E-state index contributed by atoms with van der Waals surface area (Å²) in [7, 11) is 0. The van der Waals surface area contributed by atoms with Crippen molar-refractivity contribution in [1.29, 1.82) is 0 Å². The molecule has 1 aliphatic rings. The maximum atomic E-state index is 12.6. The molecule has 0 bridgehead atoms. The van der Waals surface area contributed by atoms with Gasteiger partial charge in [-0.25, -0.2) is 4.90 Å². The van der Waals surface area contributed by atoms with Gasteiger partial charge in [0, 0.05) is 0 Å². The van der Waals surface area contributed by atoms with Crippen molar-refractivity contribution >= 4 is 34.7 Å². The standard InChI is InChI=1S/C17H12ClNO2/c1-11-7-9-13(10-8-11)19-16(20)14(15(18)17(19)21)12-5-3-2-4-6-12/h2-10H,1H3. The monoisotopic (exact) mass is 297 g/mol. The zero-order chi connectivity index (χ0) is 15.0. The van der Waals surface area contributed by atoms with E-state index in [0.29, 0.717) is 11.3 Å². The minimum Gasteiger partial charge on any atom is -0.268 e. The van der Waals surface area contributed by atoms with Gasteiger partial charge in [-0.2, -0.15) is 0 Å². The molecule has 0 aliphatic carbocycles. The van der Waals surface area contributed by atoms with Crippen LogP contribution in [0.15, 0.2) is 59.6 Å². The van der Waals surface area contributed by atoms with E-state index in [1.165, 1.54) is 0 Å². The van der Waals surface area contributed by atoms with Crippen molar-refractivity contribution in [2.45, 2.75) is 6.92 Å². The van der Waals surface area contributed by atoms with E-state index in [1.54, 1.807) is 36.4 Å². The van der Waals surface area contributed by atoms with Crippen LogP contribution >= 0.6 is 11.6 Å². The molecule has 3 nitrogen and oxygen atoms in total. The predicted octanol–water partition coefficient (Wildman–Crippen LogP) is 3.52. The first kappa shape index (κ1) is 13.6. The molecule has 0 N–H and O–H groups in total. The summed E-state index contributed by atoms with van der Waals surface area (Å²) in [5.41, 5.74) is 2.48. The molecule has 0 spiro atoms. The molecular weight excluding hydrogens is 286 g/mol. The smallest absolute Gasteiger partial charge is 0.268 e. The van der Waals surface area contributed by atoms with Gasteiger partial charge in [-0.3, -0.25) is 9.59 Å². The highest BCUT2D eigenvalue weighted by Gasteiger charge is 2.38. The molecule has 4 heteroatoms. The van der Waals surface area contributed by atoms with E-state index in [0.717, 1.165) is 10.5 Å². The molecular formula is C17H12ClNO2. The number of hydrogen-bond donors (Lipinski definition) is 0. The van der Waals surface area contributed by atoms with E-state index in [9.17, 15) is 9.59 Å². The van der Waals surface area contributed by atoms with Crippen molar-refractivity contribution in [2.75, 3.05) is 4.90 Å². The fourth-order valence-corrected chi connectivity index (χ4v) is 2.56. The van der Waals surface area contributed by atoms with E-state index in [-0.39, 0.29) is 16.5 Å². The molecule has 2 aromatic carbocycles. The van der Waals surface area contributed by atoms with Crippen molar-refractivity contribution in [3.05, 3.63) is 70.8 Å². The fraction of sp³-hybridized carbons (Fsp3) is 0.0588. The fourth-order valence-electron chi connectivity index (χ4n) is 2.29. The number of carbonyl (C=O) groups excluding carboxylic acids is 2. The lowest BCUT2D eigenvalue weighted by Gasteiger charge is -2.15. The van der Waals surface area contributed by atoms with Gasteiger partial charge in [-0.1, -0.05) is 59.6 Å². The average Bonchev–Trinajstić information content (AvgIpc) is 2.72. The van der Waals surface area contributed by atoms with Crippen LogP contribution in [0.2, 0.25) is 0 Å². The van der Waals surface area contributed by atoms with Crippen LogP contribution in [0.1, 0.15) is 11.1 Å². The third-order valence-corrected chi connectivity index (χ3v) is 3.73. The molecule has 0 saturated carbocycles. The summed E-state index contributed by atoms with van der Waals surface area (Å²) in [5, 5.41) is -0.0354. The lowest BCUT2D eigenvalue weighted by atomic mass is 10.1. The van der Waals surface area contributed by atoms with Crippen LogP contribution in [0.25, 0.3) is 5.57 Å². The molecule has 0 unspecified atom stereocenters. The van der Waals surface area contributed by atoms with Crippen LogP contribution in [0.4, 0.5) is 5.69 Å². The summed E-state index contributed by atoms with van der Waals surface area (Å²) < 4.78 is 0. The molecule has 2 amide bonds. The van der Waals surface area contributed by atoms with E-state index in [2.05, 4.69) is 0 Å². The molecule has 0 aromatic heterocycles. The number of halogens is 1. The Kier molecular flexibility index (Phi) is 3.35. The molecule has 1 aliphatic heterocycles. The maximum Gasteiger partial charge on any atom is 0.277 e. The van der Waals surface area contributed by atoms with E-state index in [1.807, 2.05) is 25.1 Å². The topological polar surface area (TPSA) is 37.4 Å². The minimum absolute atomic E-state index is 0.0354. The van der Waals surface area contributed by atoms with Gasteiger partial charge in [0.05, 0.1) is 11.3 Å². The Bertz CT molecular complexity index is 748. The lowest BCUT2D eigenvalue weighted by molar-refractivity contribution is -0.119. The summed E-state index contributed by atoms with van der Waals surface area (Å²) in [6.45, 7) is 1.94. The summed E-state index contributed by atoms with van der Waals surface area (Å²) in [6, 6.07) is 16.2. The summed E-state index contributed by atoms with van der Waals surface area (Å²) >= 11 is 6.10. The van der Waals surface area contributed by atoms with Gasteiger partial charge in [-0.15, -0.1) is 0 Å². The van der Waals surface area contributed by atoms with Crippen molar-refractivity contribution in [1.82, 2.24) is 0 Å². The Labute approximate surface area is 127 Å². The second kappa shape index (κ2) is 5.19. The minimum atomic E-state index is -0.482. The molecule has 1 heterocycles. The molecule has 3 rings (SSSR count). The van der Waals surface area contributed by atoms with Gasteiger partial charge < -0.3 is 0 Å². The van der Waals surface area contributed by atoms with Crippen molar-refractivity contribution < 1.29 is 9.59 Å². The van der Waals surface area contributed by atoms with Crippen LogP contribution in [-0.4, -0.2) is 11.8 Å². The Balaban J connectivity index is 2.04. The second-order valence-corrected chi connectivity index (χ2v) is 5.21. The van der Waals surface area contributed by atoms with Crippen LogP contribution in [0.3, 0.4) is 0 Å². The Hall–Kier alpha value is -2.39. The van der Waals surface area contributed by atoms with Crippen molar-refractivity contribution in [3.63, 3.8) is 0 Å². The Morgan fingerprint density at radius 2 is 1.48 bits per heavy atom. The van der Waals surface area contributed by atoms with E-state index in [4.69, 9.17) is 11.6 Å². The molecule has 0 saturated heterocycles. The largest absolute Gasteiger partial charge is 0.277 e. The number of aryl methyl sites for hydroxylation is 1. The number of amides is 2. The third kappa shape index (κ3) is 2.26. The van der Waals surface area contributed by atoms with Gasteiger partial charge in [0.25, 0.3) is 11.8 Å². The SMILES string of the molecule is Cc1ccc(N2C(=O)C(Cl)=C(c3ccccc3)C2=O)cc1. The predicted molar refractivity (Wildman–Crippen MR) is 82.9 cm³/mol. The Morgan fingerprint density at radius 1 is 0.857 bits per heavy atom. The van der Waals surface area contributed by atoms with Gasteiger partial charge in [0.15, 0.2) is 0 Å². The molecule has 0 fully saturated rings. The molecule has 21 heavy (non-hydrogen) atoms. The number of benzene rings is 2. The molecule has 2 aromatic rings. The van der Waals surface area contributed by atoms with Gasteiger partial charge in [0.1, 0.15) is 5.03 Å². The molecule has 104 valence electrons. The number of hydrogen-bond acceptors (Lipinski definition) is 2. The summed E-state index contributed by atoms with van der Waals surface area (Å²) in [5.74, 6) is -0.871. The summed E-state index contributed by atoms with van der Waals surface area (Å²) in [4.78, 5) is 26.0. The van der Waals surface area contributed by atoms with Gasteiger partial charge in [-0.05, 0) is 24.6 Å². The van der Waals surface area contributed by atoms with E-state index < -0.39 is 5.91 Å². The number of imide groups is 1. The van der Waals surface area contributed by atoms with Gasteiger partial charge in [0.2, 0.25) is 0 Å². The first-order valence-electron chi connectivity index (χ1n) is 6.50. The molecule has 0 radical (unpaired) electrons. The van der Waals surface area contributed by atoms with E-state index >= 15 is 0 Å². The number of rotatable bonds is 2. The lowest BCUT2D eigenvalue weighted by Crippen LogP contribution is -2.31. The van der Waals surface area contributed by atoms with Crippen LogP contribution in [-0.2, 0) is 9.59 Å². The summed E-state index contributed by atoms with van der Waals surface area (Å²) in [6.07, 6.45) is 0. The first-order valence-corrected chi connectivity index (χ1v) is 6.88. The quantitative estimate of drug-likeness (QED) is 0.795. The zero-order valence-corrected chi connectivity index (χ0v) is 12.1. The van der Waals surface area contributed by atoms with Gasteiger partial charge >= 0.3 is 0 Å².